The van der Waals surface area contributed by atoms with Crippen LogP contribution in [-0.2, 0) is 10.0 Å². The van der Waals surface area contributed by atoms with E-state index in [0.717, 1.165) is 31.2 Å². The van der Waals surface area contributed by atoms with Gasteiger partial charge in [-0.15, -0.1) is 0 Å². The summed E-state index contributed by atoms with van der Waals surface area (Å²) in [5.74, 6) is -0.120. The number of carbonyl (C=O) groups is 1. The standard InChI is InChI=1S/C21H28N2O4S/c1-4-5-6-7-14-22-21(24)17-10-13-19(27-3)20(15-17)28(25,26)23-18-11-8-16(2)9-12-18/h8-13,15,23H,4-7,14H2,1-3H3,(H,22,24). The number of rotatable bonds is 10. The fourth-order valence-electron chi connectivity index (χ4n) is 2.72. The number of anilines is 1. The van der Waals surface area contributed by atoms with E-state index in [2.05, 4.69) is 17.0 Å². The Kier molecular flexibility index (Phi) is 7.87. The van der Waals surface area contributed by atoms with Crippen LogP contribution in [0.25, 0.3) is 0 Å². The fraction of sp³-hybridized carbons (Fsp3) is 0.381. The summed E-state index contributed by atoms with van der Waals surface area (Å²) in [7, 11) is -2.52. The first-order chi connectivity index (χ1) is 13.4. The predicted molar refractivity (Wildman–Crippen MR) is 111 cm³/mol. The lowest BCUT2D eigenvalue weighted by Crippen LogP contribution is -2.25. The molecule has 2 N–H and O–H groups in total. The Morgan fingerprint density at radius 2 is 1.75 bits per heavy atom. The monoisotopic (exact) mass is 404 g/mol. The van der Waals surface area contributed by atoms with Crippen LogP contribution in [0.4, 0.5) is 5.69 Å². The Morgan fingerprint density at radius 3 is 2.39 bits per heavy atom. The Hall–Kier alpha value is -2.54. The number of carbonyl (C=O) groups excluding carboxylic acids is 1. The molecule has 0 radical (unpaired) electrons. The van der Waals surface area contributed by atoms with Gasteiger partial charge in [-0.1, -0.05) is 43.9 Å². The molecule has 0 aliphatic rings. The van der Waals surface area contributed by atoms with E-state index in [1.54, 1.807) is 18.2 Å². The van der Waals surface area contributed by atoms with Crippen molar-refractivity contribution >= 4 is 21.6 Å². The quantitative estimate of drug-likeness (QED) is 0.584. The molecule has 0 spiro atoms. The molecule has 2 aromatic rings. The first kappa shape index (κ1) is 21.8. The second-order valence-electron chi connectivity index (χ2n) is 6.65. The molecule has 0 aliphatic heterocycles. The molecule has 0 saturated heterocycles. The van der Waals surface area contributed by atoms with Crippen molar-refractivity contribution in [2.24, 2.45) is 0 Å². The van der Waals surface area contributed by atoms with Crippen molar-refractivity contribution in [3.63, 3.8) is 0 Å². The minimum Gasteiger partial charge on any atom is -0.495 e. The Bertz CT molecular complexity index is 893. The molecule has 2 aromatic carbocycles. The molecule has 0 atom stereocenters. The number of amides is 1. The normalized spacial score (nSPS) is 11.1. The number of benzene rings is 2. The van der Waals surface area contributed by atoms with Gasteiger partial charge >= 0.3 is 0 Å². The predicted octanol–water partition coefficient (Wildman–Crippen LogP) is 4.11. The third kappa shape index (κ3) is 5.99. The van der Waals surface area contributed by atoms with Crippen LogP contribution in [0.2, 0.25) is 0 Å². The van der Waals surface area contributed by atoms with Crippen molar-refractivity contribution < 1.29 is 17.9 Å². The van der Waals surface area contributed by atoms with E-state index in [4.69, 9.17) is 4.74 Å². The number of hydrogen-bond donors (Lipinski definition) is 2. The maximum Gasteiger partial charge on any atom is 0.265 e. The highest BCUT2D eigenvalue weighted by Gasteiger charge is 2.22. The van der Waals surface area contributed by atoms with Crippen LogP contribution in [0.5, 0.6) is 5.75 Å². The molecule has 1 amide bonds. The summed E-state index contributed by atoms with van der Waals surface area (Å²) in [5, 5.41) is 2.83. The minimum absolute atomic E-state index is 0.0748. The molecule has 0 unspecified atom stereocenters. The third-order valence-electron chi connectivity index (χ3n) is 4.34. The zero-order chi connectivity index (χ0) is 20.6. The second-order valence-corrected chi connectivity index (χ2v) is 8.30. The molecule has 28 heavy (non-hydrogen) atoms. The van der Waals surface area contributed by atoms with Gasteiger partial charge in [0.25, 0.3) is 15.9 Å². The lowest BCUT2D eigenvalue weighted by molar-refractivity contribution is 0.0952. The topological polar surface area (TPSA) is 84.5 Å². The molecule has 6 nitrogen and oxygen atoms in total. The Labute approximate surface area is 167 Å². The summed E-state index contributed by atoms with van der Waals surface area (Å²) < 4.78 is 33.4. The fourth-order valence-corrected chi connectivity index (χ4v) is 3.97. The average Bonchev–Trinajstić information content (AvgIpc) is 2.68. The summed E-state index contributed by atoms with van der Waals surface area (Å²) in [4.78, 5) is 12.3. The number of ether oxygens (including phenoxy) is 1. The third-order valence-corrected chi connectivity index (χ3v) is 5.74. The van der Waals surface area contributed by atoms with Crippen LogP contribution >= 0.6 is 0 Å². The lowest BCUT2D eigenvalue weighted by Gasteiger charge is -2.13. The van der Waals surface area contributed by atoms with Crippen molar-refractivity contribution in [2.45, 2.75) is 44.4 Å². The van der Waals surface area contributed by atoms with Crippen molar-refractivity contribution in [1.82, 2.24) is 5.32 Å². The molecule has 152 valence electrons. The van der Waals surface area contributed by atoms with Crippen LogP contribution in [0.15, 0.2) is 47.4 Å². The van der Waals surface area contributed by atoms with E-state index in [0.29, 0.717) is 12.2 Å². The summed E-state index contributed by atoms with van der Waals surface area (Å²) >= 11 is 0. The molecule has 0 aromatic heterocycles. The van der Waals surface area contributed by atoms with Gasteiger partial charge in [-0.05, 0) is 43.7 Å². The number of unbranched alkanes of at least 4 members (excludes halogenated alkanes) is 3. The minimum atomic E-state index is -3.91. The van der Waals surface area contributed by atoms with Crippen molar-refractivity contribution in [2.75, 3.05) is 18.4 Å². The van der Waals surface area contributed by atoms with Gasteiger partial charge < -0.3 is 10.1 Å². The van der Waals surface area contributed by atoms with E-state index in [1.807, 2.05) is 19.1 Å². The molecule has 0 fully saturated rings. The molecular weight excluding hydrogens is 376 g/mol. The molecular formula is C21H28N2O4S. The Balaban J connectivity index is 2.19. The maximum absolute atomic E-state index is 12.9. The van der Waals surface area contributed by atoms with Gasteiger partial charge in [0.2, 0.25) is 0 Å². The largest absolute Gasteiger partial charge is 0.495 e. The van der Waals surface area contributed by atoms with Gasteiger partial charge in [0.1, 0.15) is 10.6 Å². The van der Waals surface area contributed by atoms with Crippen molar-refractivity contribution in [3.05, 3.63) is 53.6 Å². The van der Waals surface area contributed by atoms with E-state index in [1.165, 1.54) is 19.2 Å². The molecule has 7 heteroatoms. The smallest absolute Gasteiger partial charge is 0.265 e. The first-order valence-electron chi connectivity index (χ1n) is 9.43. The van der Waals surface area contributed by atoms with E-state index in [9.17, 15) is 13.2 Å². The number of sulfonamides is 1. The average molecular weight is 405 g/mol. The van der Waals surface area contributed by atoms with Crippen molar-refractivity contribution in [3.8, 4) is 5.75 Å². The molecule has 2 rings (SSSR count). The van der Waals surface area contributed by atoms with E-state index < -0.39 is 10.0 Å². The molecule has 0 saturated carbocycles. The van der Waals surface area contributed by atoms with Crippen LogP contribution < -0.4 is 14.8 Å². The number of methoxy groups -OCH3 is 1. The summed E-state index contributed by atoms with van der Waals surface area (Å²) in [6.07, 6.45) is 4.21. The van der Waals surface area contributed by atoms with Gasteiger partial charge in [-0.2, -0.15) is 0 Å². The molecule has 0 heterocycles. The van der Waals surface area contributed by atoms with Gasteiger partial charge in [0.15, 0.2) is 0 Å². The first-order valence-corrected chi connectivity index (χ1v) is 10.9. The Morgan fingerprint density at radius 1 is 1.04 bits per heavy atom. The van der Waals surface area contributed by atoms with Gasteiger partial charge in [-0.3, -0.25) is 9.52 Å². The zero-order valence-corrected chi connectivity index (χ0v) is 17.4. The van der Waals surface area contributed by atoms with Gasteiger partial charge in [0, 0.05) is 17.8 Å². The van der Waals surface area contributed by atoms with E-state index in [-0.39, 0.29) is 22.1 Å². The molecule has 0 aliphatic carbocycles. The van der Waals surface area contributed by atoms with Crippen LogP contribution in [0.1, 0.15) is 48.5 Å². The molecule has 0 bridgehead atoms. The van der Waals surface area contributed by atoms with Crippen LogP contribution in [-0.4, -0.2) is 28.0 Å². The SMILES string of the molecule is CCCCCCNC(=O)c1ccc(OC)c(S(=O)(=O)Nc2ccc(C)cc2)c1. The second kappa shape index (κ2) is 10.1. The summed E-state index contributed by atoms with van der Waals surface area (Å²) in [6, 6.07) is 11.4. The highest BCUT2D eigenvalue weighted by atomic mass is 32.2. The van der Waals surface area contributed by atoms with Gasteiger partial charge in [0.05, 0.1) is 7.11 Å². The van der Waals surface area contributed by atoms with Gasteiger partial charge in [-0.25, -0.2) is 8.42 Å². The highest BCUT2D eigenvalue weighted by Crippen LogP contribution is 2.27. The highest BCUT2D eigenvalue weighted by molar-refractivity contribution is 7.92. The van der Waals surface area contributed by atoms with Crippen LogP contribution in [0, 0.1) is 6.92 Å². The van der Waals surface area contributed by atoms with E-state index >= 15 is 0 Å². The van der Waals surface area contributed by atoms with Crippen molar-refractivity contribution in [1.29, 1.82) is 0 Å². The number of nitrogens with one attached hydrogen (secondary N) is 2. The lowest BCUT2D eigenvalue weighted by atomic mass is 10.2. The zero-order valence-electron chi connectivity index (χ0n) is 16.6. The maximum atomic E-state index is 12.9. The summed E-state index contributed by atoms with van der Waals surface area (Å²) in [6.45, 7) is 4.61. The number of hydrogen-bond acceptors (Lipinski definition) is 4. The number of aryl methyl sites for hydroxylation is 1. The summed E-state index contributed by atoms with van der Waals surface area (Å²) in [5.41, 5.74) is 1.75. The van der Waals surface area contributed by atoms with Crippen LogP contribution in [0.3, 0.4) is 0 Å².